The molecular formula is C15H23N3O. The van der Waals surface area contributed by atoms with Gasteiger partial charge in [-0.2, -0.15) is 0 Å². The van der Waals surface area contributed by atoms with E-state index in [0.29, 0.717) is 6.54 Å². The molecule has 1 saturated heterocycles. The normalized spacial score (nSPS) is 17.2. The lowest BCUT2D eigenvalue weighted by Crippen LogP contribution is -2.42. The first-order chi connectivity index (χ1) is 9.09. The van der Waals surface area contributed by atoms with Gasteiger partial charge in [0.15, 0.2) is 0 Å². The third-order valence-corrected chi connectivity index (χ3v) is 3.88. The van der Waals surface area contributed by atoms with Crippen LogP contribution < -0.4 is 10.6 Å². The van der Waals surface area contributed by atoms with Crippen LogP contribution in [0.25, 0.3) is 0 Å². The first kappa shape index (κ1) is 14.0. The standard InChI is InChI=1S/C15H23N3O/c1-15(2,13-5-9-17-10-6-13)11-18-14(19)12-3-7-16-8-4-12/h5-6,9-10,12,16H,3-4,7-8,11H2,1-2H3,(H,18,19). The van der Waals surface area contributed by atoms with Gasteiger partial charge in [0.25, 0.3) is 0 Å². The lowest BCUT2D eigenvalue weighted by atomic mass is 9.85. The van der Waals surface area contributed by atoms with Crippen molar-refractivity contribution in [3.8, 4) is 0 Å². The van der Waals surface area contributed by atoms with E-state index < -0.39 is 0 Å². The molecule has 0 bridgehead atoms. The molecule has 2 N–H and O–H groups in total. The molecule has 2 rings (SSSR count). The van der Waals surface area contributed by atoms with Crippen LogP contribution >= 0.6 is 0 Å². The number of hydrogen-bond donors (Lipinski definition) is 2. The van der Waals surface area contributed by atoms with Gasteiger partial charge in [-0.05, 0) is 43.6 Å². The minimum Gasteiger partial charge on any atom is -0.355 e. The summed E-state index contributed by atoms with van der Waals surface area (Å²) in [6.45, 7) is 6.85. The fraction of sp³-hybridized carbons (Fsp3) is 0.600. The van der Waals surface area contributed by atoms with E-state index in [-0.39, 0.29) is 17.2 Å². The lowest BCUT2D eigenvalue weighted by Gasteiger charge is -2.28. The maximum Gasteiger partial charge on any atom is 0.223 e. The maximum atomic E-state index is 12.1. The van der Waals surface area contributed by atoms with Crippen LogP contribution in [-0.4, -0.2) is 30.5 Å². The van der Waals surface area contributed by atoms with E-state index in [0.717, 1.165) is 25.9 Å². The molecule has 0 spiro atoms. The minimum atomic E-state index is -0.0640. The first-order valence-electron chi connectivity index (χ1n) is 6.98. The Balaban J connectivity index is 1.88. The van der Waals surface area contributed by atoms with Gasteiger partial charge < -0.3 is 10.6 Å². The molecule has 0 unspecified atom stereocenters. The predicted molar refractivity (Wildman–Crippen MR) is 75.9 cm³/mol. The highest BCUT2D eigenvalue weighted by Gasteiger charge is 2.25. The van der Waals surface area contributed by atoms with Crippen molar-refractivity contribution in [3.05, 3.63) is 30.1 Å². The van der Waals surface area contributed by atoms with Gasteiger partial charge in [0, 0.05) is 30.3 Å². The molecule has 1 amide bonds. The zero-order valence-corrected chi connectivity index (χ0v) is 11.8. The van der Waals surface area contributed by atoms with Crippen LogP contribution in [0.2, 0.25) is 0 Å². The van der Waals surface area contributed by atoms with Crippen molar-refractivity contribution in [1.29, 1.82) is 0 Å². The number of carbonyl (C=O) groups excluding carboxylic acids is 1. The summed E-state index contributed by atoms with van der Waals surface area (Å²) in [4.78, 5) is 16.2. The average Bonchev–Trinajstić information content (AvgIpc) is 2.47. The summed E-state index contributed by atoms with van der Waals surface area (Å²) in [7, 11) is 0. The highest BCUT2D eigenvalue weighted by atomic mass is 16.1. The summed E-state index contributed by atoms with van der Waals surface area (Å²) in [5.41, 5.74) is 1.14. The number of pyridine rings is 1. The largest absolute Gasteiger partial charge is 0.355 e. The number of rotatable bonds is 4. The molecule has 1 aliphatic rings. The van der Waals surface area contributed by atoms with Crippen molar-refractivity contribution < 1.29 is 4.79 Å². The van der Waals surface area contributed by atoms with E-state index >= 15 is 0 Å². The van der Waals surface area contributed by atoms with Gasteiger partial charge in [0.2, 0.25) is 5.91 Å². The number of nitrogens with zero attached hydrogens (tertiary/aromatic N) is 1. The van der Waals surface area contributed by atoms with E-state index in [9.17, 15) is 4.79 Å². The molecule has 0 saturated carbocycles. The Bertz CT molecular complexity index is 411. The fourth-order valence-corrected chi connectivity index (χ4v) is 2.44. The molecule has 4 nitrogen and oxygen atoms in total. The Morgan fingerprint density at radius 1 is 1.37 bits per heavy atom. The highest BCUT2D eigenvalue weighted by molar-refractivity contribution is 5.78. The van der Waals surface area contributed by atoms with Gasteiger partial charge >= 0.3 is 0 Å². The zero-order chi connectivity index (χ0) is 13.7. The summed E-state index contributed by atoms with van der Waals surface area (Å²) < 4.78 is 0. The molecule has 1 aromatic rings. The summed E-state index contributed by atoms with van der Waals surface area (Å²) in [6.07, 6.45) is 5.49. The van der Waals surface area contributed by atoms with Gasteiger partial charge in [-0.15, -0.1) is 0 Å². The summed E-state index contributed by atoms with van der Waals surface area (Å²) in [5.74, 6) is 0.373. The molecule has 104 valence electrons. The number of hydrogen-bond acceptors (Lipinski definition) is 3. The van der Waals surface area contributed by atoms with E-state index in [4.69, 9.17) is 0 Å². The quantitative estimate of drug-likeness (QED) is 0.863. The van der Waals surface area contributed by atoms with Crippen molar-refractivity contribution in [1.82, 2.24) is 15.6 Å². The number of carbonyl (C=O) groups is 1. The monoisotopic (exact) mass is 261 g/mol. The molecule has 0 aromatic carbocycles. The predicted octanol–water partition coefficient (Wildman–Crippen LogP) is 1.47. The van der Waals surface area contributed by atoms with Crippen LogP contribution in [0, 0.1) is 5.92 Å². The molecule has 2 heterocycles. The Hall–Kier alpha value is -1.42. The third-order valence-electron chi connectivity index (χ3n) is 3.88. The second kappa shape index (κ2) is 6.15. The highest BCUT2D eigenvalue weighted by Crippen LogP contribution is 2.21. The number of piperidine rings is 1. The van der Waals surface area contributed by atoms with Gasteiger partial charge in [-0.3, -0.25) is 9.78 Å². The summed E-state index contributed by atoms with van der Waals surface area (Å²) in [6, 6.07) is 4.02. The second-order valence-corrected chi connectivity index (χ2v) is 5.86. The van der Waals surface area contributed by atoms with Gasteiger partial charge in [-0.25, -0.2) is 0 Å². The molecule has 0 aliphatic carbocycles. The molecule has 0 radical (unpaired) electrons. The maximum absolute atomic E-state index is 12.1. The van der Waals surface area contributed by atoms with Crippen molar-refractivity contribution in [2.45, 2.75) is 32.1 Å². The van der Waals surface area contributed by atoms with Crippen molar-refractivity contribution in [2.24, 2.45) is 5.92 Å². The zero-order valence-electron chi connectivity index (χ0n) is 11.8. The van der Waals surface area contributed by atoms with Crippen LogP contribution in [0.1, 0.15) is 32.3 Å². The Morgan fingerprint density at radius 2 is 2.00 bits per heavy atom. The van der Waals surface area contributed by atoms with E-state index in [2.05, 4.69) is 29.5 Å². The fourth-order valence-electron chi connectivity index (χ4n) is 2.44. The van der Waals surface area contributed by atoms with E-state index in [1.165, 1.54) is 5.56 Å². The average molecular weight is 261 g/mol. The van der Waals surface area contributed by atoms with Crippen LogP contribution in [0.5, 0.6) is 0 Å². The molecule has 0 atom stereocenters. The first-order valence-corrected chi connectivity index (χ1v) is 6.98. The van der Waals surface area contributed by atoms with E-state index in [1.807, 2.05) is 12.1 Å². The van der Waals surface area contributed by atoms with Crippen molar-refractivity contribution in [3.63, 3.8) is 0 Å². The van der Waals surface area contributed by atoms with Gasteiger partial charge in [0.1, 0.15) is 0 Å². The molecule has 19 heavy (non-hydrogen) atoms. The van der Waals surface area contributed by atoms with Crippen LogP contribution in [0.3, 0.4) is 0 Å². The van der Waals surface area contributed by atoms with Crippen molar-refractivity contribution >= 4 is 5.91 Å². The topological polar surface area (TPSA) is 54.0 Å². The molecule has 1 aromatic heterocycles. The number of aromatic nitrogens is 1. The summed E-state index contributed by atoms with van der Waals surface area (Å²) in [5, 5.41) is 6.38. The lowest BCUT2D eigenvalue weighted by molar-refractivity contribution is -0.125. The van der Waals surface area contributed by atoms with Crippen LogP contribution in [-0.2, 0) is 10.2 Å². The second-order valence-electron chi connectivity index (χ2n) is 5.86. The van der Waals surface area contributed by atoms with Crippen LogP contribution in [0.15, 0.2) is 24.5 Å². The Kier molecular flexibility index (Phi) is 4.53. The minimum absolute atomic E-state index is 0.0640. The van der Waals surface area contributed by atoms with Gasteiger partial charge in [-0.1, -0.05) is 13.8 Å². The molecule has 1 aliphatic heterocycles. The number of amides is 1. The SMILES string of the molecule is CC(C)(CNC(=O)C1CCNCC1)c1ccncc1. The third kappa shape index (κ3) is 3.77. The van der Waals surface area contributed by atoms with Gasteiger partial charge in [0.05, 0.1) is 0 Å². The van der Waals surface area contributed by atoms with Crippen molar-refractivity contribution in [2.75, 3.05) is 19.6 Å². The Labute approximate surface area is 115 Å². The van der Waals surface area contributed by atoms with Crippen LogP contribution in [0.4, 0.5) is 0 Å². The molecular weight excluding hydrogens is 238 g/mol. The smallest absolute Gasteiger partial charge is 0.223 e. The summed E-state index contributed by atoms with van der Waals surface area (Å²) >= 11 is 0. The Morgan fingerprint density at radius 3 is 2.63 bits per heavy atom. The molecule has 1 fully saturated rings. The number of nitrogens with one attached hydrogen (secondary N) is 2. The molecule has 4 heteroatoms. The van der Waals surface area contributed by atoms with E-state index in [1.54, 1.807) is 12.4 Å².